The molecule has 2 heterocycles. The molecule has 0 spiro atoms. The molecule has 1 aromatic carbocycles. The third-order valence-electron chi connectivity index (χ3n) is 3.59. The minimum absolute atomic E-state index is 0.101. The number of anilines is 1. The van der Waals surface area contributed by atoms with Gasteiger partial charge >= 0.3 is 0 Å². The lowest BCUT2D eigenvalue weighted by Gasteiger charge is -2.07. The summed E-state index contributed by atoms with van der Waals surface area (Å²) in [4.78, 5) is 24.9. The van der Waals surface area contributed by atoms with E-state index in [2.05, 4.69) is 25.6 Å². The van der Waals surface area contributed by atoms with Gasteiger partial charge in [-0.15, -0.1) is 0 Å². The summed E-state index contributed by atoms with van der Waals surface area (Å²) in [5.74, 6) is 0.746. The van der Waals surface area contributed by atoms with Crippen LogP contribution in [0.4, 0.5) is 5.82 Å². The van der Waals surface area contributed by atoms with Crippen LogP contribution in [0.25, 0.3) is 11.0 Å². The van der Waals surface area contributed by atoms with Gasteiger partial charge in [-0.25, -0.2) is 4.98 Å². The smallest absolute Gasteiger partial charge is 0.251 e. The van der Waals surface area contributed by atoms with Crippen LogP contribution in [0.5, 0.6) is 0 Å². The first-order valence-electron chi connectivity index (χ1n) is 7.88. The first kappa shape index (κ1) is 15.9. The van der Waals surface area contributed by atoms with Crippen LogP contribution in [0, 0.1) is 6.92 Å². The summed E-state index contributed by atoms with van der Waals surface area (Å²) in [7, 11) is 0. The van der Waals surface area contributed by atoms with Gasteiger partial charge in [0.15, 0.2) is 0 Å². The molecule has 122 valence electrons. The van der Waals surface area contributed by atoms with Gasteiger partial charge in [0.05, 0.1) is 11.0 Å². The predicted molar refractivity (Wildman–Crippen MR) is 94.0 cm³/mol. The second-order valence-electron chi connectivity index (χ2n) is 5.52. The third-order valence-corrected chi connectivity index (χ3v) is 3.59. The number of nitrogens with zero attached hydrogens (tertiary/aromatic N) is 3. The van der Waals surface area contributed by atoms with Crippen LogP contribution < -0.4 is 10.6 Å². The Labute approximate surface area is 140 Å². The molecule has 0 aliphatic rings. The Hall–Kier alpha value is -3.02. The van der Waals surface area contributed by atoms with E-state index >= 15 is 0 Å². The first-order valence-corrected chi connectivity index (χ1v) is 7.88. The van der Waals surface area contributed by atoms with E-state index in [1.54, 1.807) is 24.5 Å². The molecular weight excluding hydrogens is 302 g/mol. The zero-order valence-electron chi connectivity index (χ0n) is 13.5. The Morgan fingerprint density at radius 1 is 1.00 bits per heavy atom. The summed E-state index contributed by atoms with van der Waals surface area (Å²) in [6, 6.07) is 9.29. The van der Waals surface area contributed by atoms with Crippen LogP contribution in [-0.2, 0) is 0 Å². The third kappa shape index (κ3) is 4.04. The van der Waals surface area contributed by atoms with Gasteiger partial charge in [0.1, 0.15) is 5.82 Å². The number of benzene rings is 1. The lowest BCUT2D eigenvalue weighted by molar-refractivity contribution is 0.0953. The molecule has 2 aromatic heterocycles. The van der Waals surface area contributed by atoms with Crippen molar-refractivity contribution in [3.8, 4) is 0 Å². The fourth-order valence-corrected chi connectivity index (χ4v) is 2.29. The van der Waals surface area contributed by atoms with E-state index in [4.69, 9.17) is 0 Å². The summed E-state index contributed by atoms with van der Waals surface area (Å²) in [6.45, 7) is 3.35. The van der Waals surface area contributed by atoms with Gasteiger partial charge in [0, 0.05) is 37.2 Å². The predicted octanol–water partition coefficient (Wildman–Crippen LogP) is 2.57. The topological polar surface area (TPSA) is 79.8 Å². The van der Waals surface area contributed by atoms with Gasteiger partial charge in [0.2, 0.25) is 0 Å². The zero-order chi connectivity index (χ0) is 16.8. The molecule has 0 saturated heterocycles. The summed E-state index contributed by atoms with van der Waals surface area (Å²) < 4.78 is 0. The highest BCUT2D eigenvalue weighted by molar-refractivity contribution is 5.97. The maximum atomic E-state index is 12.2. The Kier molecular flexibility index (Phi) is 4.96. The largest absolute Gasteiger partial charge is 0.370 e. The molecule has 2 N–H and O–H groups in total. The van der Waals surface area contributed by atoms with Crippen LogP contribution in [0.2, 0.25) is 0 Å². The van der Waals surface area contributed by atoms with E-state index in [0.29, 0.717) is 12.1 Å². The van der Waals surface area contributed by atoms with Crippen LogP contribution in [0.3, 0.4) is 0 Å². The molecule has 3 aromatic rings. The standard InChI is InChI=1S/C18H19N5O/c1-13-3-6-17(23-12-13)21-7-2-8-22-18(24)14-4-5-15-16(11-14)20-10-9-19-15/h3-6,9-12H,2,7-8H2,1H3,(H,21,23)(H,22,24). The molecule has 6 nitrogen and oxygen atoms in total. The molecule has 0 atom stereocenters. The molecule has 0 bridgehead atoms. The SMILES string of the molecule is Cc1ccc(NCCCNC(=O)c2ccc3nccnc3c2)nc1. The second kappa shape index (κ2) is 7.50. The summed E-state index contributed by atoms with van der Waals surface area (Å²) in [5, 5.41) is 6.14. The molecule has 1 amide bonds. The molecule has 0 aliphatic carbocycles. The van der Waals surface area contributed by atoms with E-state index in [0.717, 1.165) is 35.4 Å². The second-order valence-corrected chi connectivity index (χ2v) is 5.52. The van der Waals surface area contributed by atoms with Crippen molar-refractivity contribution in [2.24, 2.45) is 0 Å². The van der Waals surface area contributed by atoms with Crippen molar-refractivity contribution in [2.45, 2.75) is 13.3 Å². The quantitative estimate of drug-likeness (QED) is 0.682. The minimum atomic E-state index is -0.101. The molecule has 0 fully saturated rings. The van der Waals surface area contributed by atoms with Crippen molar-refractivity contribution >= 4 is 22.8 Å². The number of aryl methyl sites for hydroxylation is 1. The van der Waals surface area contributed by atoms with Gasteiger partial charge in [-0.05, 0) is 43.2 Å². The average molecular weight is 321 g/mol. The van der Waals surface area contributed by atoms with E-state index in [9.17, 15) is 4.79 Å². The molecular formula is C18H19N5O. The number of rotatable bonds is 6. The number of nitrogens with one attached hydrogen (secondary N) is 2. The maximum Gasteiger partial charge on any atom is 0.251 e. The average Bonchev–Trinajstić information content (AvgIpc) is 2.62. The number of hydrogen-bond acceptors (Lipinski definition) is 5. The van der Waals surface area contributed by atoms with E-state index < -0.39 is 0 Å². The molecule has 6 heteroatoms. The zero-order valence-corrected chi connectivity index (χ0v) is 13.5. The first-order chi connectivity index (χ1) is 11.7. The van der Waals surface area contributed by atoms with Crippen molar-refractivity contribution in [3.63, 3.8) is 0 Å². The maximum absolute atomic E-state index is 12.2. The number of hydrogen-bond donors (Lipinski definition) is 2. The number of aromatic nitrogens is 3. The van der Waals surface area contributed by atoms with E-state index in [1.807, 2.05) is 31.3 Å². The van der Waals surface area contributed by atoms with Crippen LogP contribution in [0.15, 0.2) is 48.9 Å². The normalized spacial score (nSPS) is 10.5. The summed E-state index contributed by atoms with van der Waals surface area (Å²) >= 11 is 0. The van der Waals surface area contributed by atoms with Crippen molar-refractivity contribution in [3.05, 3.63) is 60.0 Å². The highest BCUT2D eigenvalue weighted by atomic mass is 16.1. The summed E-state index contributed by atoms with van der Waals surface area (Å²) in [6.07, 6.45) is 5.90. The monoisotopic (exact) mass is 321 g/mol. The molecule has 0 aliphatic heterocycles. The van der Waals surface area contributed by atoms with Gasteiger partial charge in [-0.2, -0.15) is 0 Å². The molecule has 24 heavy (non-hydrogen) atoms. The van der Waals surface area contributed by atoms with Crippen molar-refractivity contribution in [1.29, 1.82) is 0 Å². The highest BCUT2D eigenvalue weighted by Gasteiger charge is 2.06. The van der Waals surface area contributed by atoms with Crippen LogP contribution >= 0.6 is 0 Å². The van der Waals surface area contributed by atoms with Crippen LogP contribution in [-0.4, -0.2) is 33.9 Å². The van der Waals surface area contributed by atoms with Crippen LogP contribution in [0.1, 0.15) is 22.3 Å². The van der Waals surface area contributed by atoms with Gasteiger partial charge in [-0.1, -0.05) is 6.07 Å². The van der Waals surface area contributed by atoms with E-state index in [-0.39, 0.29) is 5.91 Å². The number of pyridine rings is 1. The Bertz CT molecular complexity index is 832. The van der Waals surface area contributed by atoms with Crippen molar-refractivity contribution < 1.29 is 4.79 Å². The number of amides is 1. The lowest BCUT2D eigenvalue weighted by atomic mass is 10.2. The number of fused-ring (bicyclic) bond motifs is 1. The Morgan fingerprint density at radius 3 is 2.62 bits per heavy atom. The highest BCUT2D eigenvalue weighted by Crippen LogP contribution is 2.10. The fraction of sp³-hybridized carbons (Fsp3) is 0.222. The molecule has 0 unspecified atom stereocenters. The Balaban J connectivity index is 1.45. The van der Waals surface area contributed by atoms with Crippen molar-refractivity contribution in [2.75, 3.05) is 18.4 Å². The summed E-state index contributed by atoms with van der Waals surface area (Å²) in [5.41, 5.74) is 3.23. The Morgan fingerprint density at radius 2 is 1.83 bits per heavy atom. The van der Waals surface area contributed by atoms with Gasteiger partial charge < -0.3 is 10.6 Å². The van der Waals surface area contributed by atoms with Gasteiger partial charge in [-0.3, -0.25) is 14.8 Å². The minimum Gasteiger partial charge on any atom is -0.370 e. The number of carbonyl (C=O) groups excluding carboxylic acids is 1. The van der Waals surface area contributed by atoms with E-state index in [1.165, 1.54) is 0 Å². The van der Waals surface area contributed by atoms with Crippen molar-refractivity contribution in [1.82, 2.24) is 20.3 Å². The molecule has 0 radical (unpaired) electrons. The molecule has 0 saturated carbocycles. The number of carbonyl (C=O) groups is 1. The molecule has 3 rings (SSSR count). The lowest BCUT2D eigenvalue weighted by Crippen LogP contribution is -2.25. The fourth-order valence-electron chi connectivity index (χ4n) is 2.29. The van der Waals surface area contributed by atoms with Gasteiger partial charge in [0.25, 0.3) is 5.91 Å².